The number of hydrogen-bond donors (Lipinski definition) is 2. The monoisotopic (exact) mass is 366 g/mol. The minimum atomic E-state index is -0.627. The van der Waals surface area contributed by atoms with E-state index in [1.807, 2.05) is 26.0 Å². The van der Waals surface area contributed by atoms with E-state index in [4.69, 9.17) is 27.9 Å². The maximum Gasteiger partial charge on any atom is 0.325 e. The van der Waals surface area contributed by atoms with E-state index in [-0.39, 0.29) is 11.6 Å². The first-order valence-electron chi connectivity index (χ1n) is 7.11. The van der Waals surface area contributed by atoms with Gasteiger partial charge in [0.1, 0.15) is 5.75 Å². The minimum absolute atomic E-state index is 0.287. The van der Waals surface area contributed by atoms with Gasteiger partial charge >= 0.3 is 6.03 Å². The summed E-state index contributed by atoms with van der Waals surface area (Å²) in [6.45, 7) is 3.48. The molecule has 0 aliphatic rings. The second kappa shape index (κ2) is 8.04. The van der Waals surface area contributed by atoms with Crippen LogP contribution in [0, 0.1) is 13.8 Å². The maximum atomic E-state index is 11.8. The van der Waals surface area contributed by atoms with E-state index in [1.54, 1.807) is 18.2 Å². The number of ether oxygens (including phenoxy) is 1. The molecule has 0 aliphatic carbocycles. The number of imide groups is 1. The summed E-state index contributed by atoms with van der Waals surface area (Å²) in [6, 6.07) is 9.60. The lowest BCUT2D eigenvalue weighted by Crippen LogP contribution is -2.37. The van der Waals surface area contributed by atoms with Crippen LogP contribution >= 0.6 is 23.2 Å². The molecule has 0 saturated carbocycles. The van der Waals surface area contributed by atoms with Crippen LogP contribution in [0.2, 0.25) is 10.0 Å². The molecule has 0 fully saturated rings. The summed E-state index contributed by atoms with van der Waals surface area (Å²) in [5, 5.41) is 5.55. The van der Waals surface area contributed by atoms with Crippen molar-refractivity contribution in [3.8, 4) is 5.75 Å². The van der Waals surface area contributed by atoms with Gasteiger partial charge < -0.3 is 10.1 Å². The molecule has 24 heavy (non-hydrogen) atoms. The molecule has 0 aromatic heterocycles. The van der Waals surface area contributed by atoms with Crippen LogP contribution in [0.5, 0.6) is 5.75 Å². The molecule has 0 atom stereocenters. The van der Waals surface area contributed by atoms with Gasteiger partial charge in [0.25, 0.3) is 5.91 Å². The van der Waals surface area contributed by atoms with Gasteiger partial charge in [0.15, 0.2) is 6.61 Å². The molecule has 5 nitrogen and oxygen atoms in total. The first-order valence-corrected chi connectivity index (χ1v) is 7.86. The molecule has 0 heterocycles. The van der Waals surface area contributed by atoms with Gasteiger partial charge in [0, 0.05) is 10.7 Å². The molecule has 2 rings (SSSR count). The van der Waals surface area contributed by atoms with Crippen molar-refractivity contribution in [3.63, 3.8) is 0 Å². The Morgan fingerprint density at radius 3 is 2.50 bits per heavy atom. The highest BCUT2D eigenvalue weighted by Gasteiger charge is 2.11. The molecule has 0 spiro atoms. The van der Waals surface area contributed by atoms with Gasteiger partial charge in [-0.15, -0.1) is 0 Å². The maximum absolute atomic E-state index is 11.8. The highest BCUT2D eigenvalue weighted by molar-refractivity contribution is 6.35. The number of nitrogens with one attached hydrogen (secondary N) is 2. The number of carbonyl (C=O) groups is 2. The van der Waals surface area contributed by atoms with Crippen LogP contribution in [-0.2, 0) is 4.79 Å². The summed E-state index contributed by atoms with van der Waals surface area (Å²) >= 11 is 11.7. The molecule has 2 aromatic carbocycles. The molecule has 7 heteroatoms. The fourth-order valence-corrected chi connectivity index (χ4v) is 2.47. The summed E-state index contributed by atoms with van der Waals surface area (Å²) < 4.78 is 5.26. The third-order valence-electron chi connectivity index (χ3n) is 3.14. The predicted molar refractivity (Wildman–Crippen MR) is 95.0 cm³/mol. The van der Waals surface area contributed by atoms with Gasteiger partial charge in [0.05, 0.1) is 5.02 Å². The molecule has 0 saturated heterocycles. The van der Waals surface area contributed by atoms with Gasteiger partial charge in [-0.2, -0.15) is 0 Å². The van der Waals surface area contributed by atoms with Gasteiger partial charge in [-0.05, 0) is 43.7 Å². The summed E-state index contributed by atoms with van der Waals surface area (Å²) in [5.41, 5.74) is 2.62. The van der Waals surface area contributed by atoms with Crippen LogP contribution in [0.25, 0.3) is 0 Å². The van der Waals surface area contributed by atoms with E-state index in [2.05, 4.69) is 10.6 Å². The summed E-state index contributed by atoms with van der Waals surface area (Å²) in [5.74, 6) is -0.283. The normalized spacial score (nSPS) is 10.2. The van der Waals surface area contributed by atoms with Crippen LogP contribution in [0.15, 0.2) is 36.4 Å². The largest absolute Gasteiger partial charge is 0.482 e. The van der Waals surface area contributed by atoms with Gasteiger partial charge in [-0.3, -0.25) is 10.1 Å². The molecule has 2 aromatic rings. The van der Waals surface area contributed by atoms with E-state index in [0.29, 0.717) is 16.5 Å². The number of rotatable bonds is 4. The van der Waals surface area contributed by atoms with Crippen LogP contribution in [0.1, 0.15) is 11.1 Å². The zero-order valence-corrected chi connectivity index (χ0v) is 14.7. The Bertz CT molecular complexity index is 778. The Morgan fingerprint density at radius 2 is 1.83 bits per heavy atom. The zero-order chi connectivity index (χ0) is 17.7. The van der Waals surface area contributed by atoms with Crippen molar-refractivity contribution in [1.82, 2.24) is 5.32 Å². The Balaban J connectivity index is 1.86. The smallest absolute Gasteiger partial charge is 0.325 e. The fraction of sp³-hybridized carbons (Fsp3) is 0.176. The number of urea groups is 1. The lowest BCUT2D eigenvalue weighted by molar-refractivity contribution is -0.121. The van der Waals surface area contributed by atoms with E-state index in [0.717, 1.165) is 11.1 Å². The second-order valence-corrected chi connectivity index (χ2v) is 6.03. The Kier molecular flexibility index (Phi) is 6.06. The summed E-state index contributed by atoms with van der Waals surface area (Å²) in [4.78, 5) is 23.6. The molecule has 126 valence electrons. The van der Waals surface area contributed by atoms with Crippen molar-refractivity contribution in [2.75, 3.05) is 11.9 Å². The number of carbonyl (C=O) groups excluding carboxylic acids is 2. The van der Waals surface area contributed by atoms with Crippen LogP contribution in [-0.4, -0.2) is 18.5 Å². The highest BCUT2D eigenvalue weighted by atomic mass is 35.5. The molecule has 2 N–H and O–H groups in total. The first kappa shape index (κ1) is 18.1. The third-order valence-corrected chi connectivity index (χ3v) is 3.67. The van der Waals surface area contributed by atoms with Gasteiger partial charge in [-0.25, -0.2) is 4.79 Å². The molecule has 0 aliphatic heterocycles. The van der Waals surface area contributed by atoms with Crippen LogP contribution < -0.4 is 15.4 Å². The van der Waals surface area contributed by atoms with E-state index in [9.17, 15) is 9.59 Å². The SMILES string of the molecule is Cc1ccc(NC(=O)NC(=O)COc2ccc(Cl)cc2Cl)c(C)c1. The number of hydrogen-bond acceptors (Lipinski definition) is 3. The fourth-order valence-electron chi connectivity index (χ4n) is 2.01. The van der Waals surface area contributed by atoms with Gasteiger partial charge in [0.2, 0.25) is 0 Å². The first-order chi connectivity index (χ1) is 11.3. The molecule has 3 amide bonds. The molecular weight excluding hydrogens is 351 g/mol. The Hall–Kier alpha value is -2.24. The van der Waals surface area contributed by atoms with Crippen molar-refractivity contribution < 1.29 is 14.3 Å². The lowest BCUT2D eigenvalue weighted by atomic mass is 10.1. The Morgan fingerprint density at radius 1 is 1.08 bits per heavy atom. The van der Waals surface area contributed by atoms with E-state index >= 15 is 0 Å². The minimum Gasteiger partial charge on any atom is -0.482 e. The Labute approximate surface area is 149 Å². The van der Waals surface area contributed by atoms with Gasteiger partial charge in [-0.1, -0.05) is 40.9 Å². The van der Waals surface area contributed by atoms with Crippen molar-refractivity contribution in [2.45, 2.75) is 13.8 Å². The lowest BCUT2D eigenvalue weighted by Gasteiger charge is -2.11. The number of halogens is 2. The molecule has 0 unspecified atom stereocenters. The summed E-state index contributed by atoms with van der Waals surface area (Å²) in [7, 11) is 0. The number of anilines is 1. The number of aryl methyl sites for hydroxylation is 2. The third kappa shape index (κ3) is 5.15. The molecule has 0 bridgehead atoms. The van der Waals surface area contributed by atoms with E-state index in [1.165, 1.54) is 6.07 Å². The zero-order valence-electron chi connectivity index (χ0n) is 13.2. The molecular formula is C17H16Cl2N2O3. The topological polar surface area (TPSA) is 67.4 Å². The number of amides is 3. The number of benzene rings is 2. The van der Waals surface area contributed by atoms with Crippen molar-refractivity contribution in [2.24, 2.45) is 0 Å². The summed E-state index contributed by atoms with van der Waals surface area (Å²) in [6.07, 6.45) is 0. The van der Waals surface area contributed by atoms with Crippen LogP contribution in [0.4, 0.5) is 10.5 Å². The standard InChI is InChI=1S/C17H16Cl2N2O3/c1-10-3-5-14(11(2)7-10)20-17(23)21-16(22)9-24-15-6-4-12(18)8-13(15)19/h3-8H,9H2,1-2H3,(H2,20,21,22,23). The molecule has 0 radical (unpaired) electrons. The average molecular weight is 367 g/mol. The average Bonchev–Trinajstić information content (AvgIpc) is 2.49. The van der Waals surface area contributed by atoms with Crippen molar-refractivity contribution in [1.29, 1.82) is 0 Å². The van der Waals surface area contributed by atoms with Crippen LogP contribution in [0.3, 0.4) is 0 Å². The highest BCUT2D eigenvalue weighted by Crippen LogP contribution is 2.27. The predicted octanol–water partition coefficient (Wildman–Crippen LogP) is 4.34. The van der Waals surface area contributed by atoms with Crippen molar-refractivity contribution >= 4 is 40.8 Å². The second-order valence-electron chi connectivity index (χ2n) is 5.18. The van der Waals surface area contributed by atoms with Crippen molar-refractivity contribution in [3.05, 3.63) is 57.6 Å². The quantitative estimate of drug-likeness (QED) is 0.845. The van der Waals surface area contributed by atoms with E-state index < -0.39 is 11.9 Å².